The first-order valence-corrected chi connectivity index (χ1v) is 5.10. The molecule has 5 heteroatoms. The van der Waals surface area contributed by atoms with Gasteiger partial charge in [-0.1, -0.05) is 12.2 Å². The van der Waals surface area contributed by atoms with Gasteiger partial charge in [0.05, 0.1) is 5.71 Å². The van der Waals surface area contributed by atoms with E-state index in [1.807, 2.05) is 6.08 Å². The molecule has 0 saturated heterocycles. The van der Waals surface area contributed by atoms with E-state index in [-0.39, 0.29) is 6.67 Å². The fourth-order valence-corrected chi connectivity index (χ4v) is 2.31. The second-order valence-corrected chi connectivity index (χ2v) is 4.29. The highest BCUT2D eigenvalue weighted by molar-refractivity contribution is 7.94. The van der Waals surface area contributed by atoms with Crippen LogP contribution in [0.2, 0.25) is 0 Å². The molecule has 0 radical (unpaired) electrons. The topological polar surface area (TPSA) is 58.5 Å². The maximum atomic E-state index is 11.3. The Bertz CT molecular complexity index is 390. The van der Waals surface area contributed by atoms with Gasteiger partial charge in [-0.25, -0.2) is 8.42 Å². The summed E-state index contributed by atoms with van der Waals surface area (Å²) in [4.78, 5) is 4.33. The van der Waals surface area contributed by atoms with Gasteiger partial charge in [-0.05, 0) is 12.5 Å². The minimum atomic E-state index is -3.25. The van der Waals surface area contributed by atoms with Gasteiger partial charge < -0.3 is 0 Å². The first kappa shape index (κ1) is 7.70. The lowest BCUT2D eigenvalue weighted by atomic mass is 10.2. The zero-order valence-corrected chi connectivity index (χ0v) is 7.13. The Morgan fingerprint density at radius 1 is 1.50 bits per heavy atom. The van der Waals surface area contributed by atoms with Crippen LogP contribution in [-0.2, 0) is 10.0 Å². The smallest absolute Gasteiger partial charge is 0.243 e. The van der Waals surface area contributed by atoms with Crippen molar-refractivity contribution in [2.45, 2.75) is 6.42 Å². The molecule has 1 aliphatic heterocycles. The van der Waals surface area contributed by atoms with Crippen LogP contribution in [0.5, 0.6) is 0 Å². The molecular formula is C7H8N2O2S. The summed E-state index contributed by atoms with van der Waals surface area (Å²) >= 11 is 0. The van der Waals surface area contributed by atoms with Gasteiger partial charge in [0.15, 0.2) is 0 Å². The molecule has 1 N–H and O–H groups in total. The number of hydrogen-bond acceptors (Lipinski definition) is 3. The molecule has 0 amide bonds. The number of sulfonamides is 1. The Labute approximate surface area is 70.7 Å². The second-order valence-electron chi connectivity index (χ2n) is 2.56. The normalized spacial score (nSPS) is 25.7. The molecule has 2 rings (SSSR count). The van der Waals surface area contributed by atoms with E-state index in [2.05, 4.69) is 9.71 Å². The molecule has 0 aromatic heterocycles. The van der Waals surface area contributed by atoms with Crippen molar-refractivity contribution < 1.29 is 8.42 Å². The van der Waals surface area contributed by atoms with Gasteiger partial charge in [-0.3, -0.25) is 4.99 Å². The van der Waals surface area contributed by atoms with Crippen LogP contribution in [0.4, 0.5) is 0 Å². The van der Waals surface area contributed by atoms with E-state index < -0.39 is 10.0 Å². The Morgan fingerprint density at radius 3 is 3.08 bits per heavy atom. The van der Waals surface area contributed by atoms with Crippen LogP contribution in [-0.4, -0.2) is 20.8 Å². The van der Waals surface area contributed by atoms with Gasteiger partial charge in [-0.15, -0.1) is 0 Å². The largest absolute Gasteiger partial charge is 0.268 e. The molecular weight excluding hydrogens is 176 g/mol. The number of hydrogen-bond donors (Lipinski definition) is 1. The highest BCUT2D eigenvalue weighted by Crippen LogP contribution is 2.17. The van der Waals surface area contributed by atoms with Crippen molar-refractivity contribution >= 4 is 15.7 Å². The fraction of sp³-hybridized carbons (Fsp3) is 0.286. The molecule has 1 heterocycles. The molecule has 0 saturated carbocycles. The molecule has 0 fully saturated rings. The van der Waals surface area contributed by atoms with E-state index in [4.69, 9.17) is 0 Å². The summed E-state index contributed by atoms with van der Waals surface area (Å²) in [6.07, 6.45) is 5.96. The number of nitrogens with zero attached hydrogens (tertiary/aromatic N) is 1. The SMILES string of the molecule is O=S1(=O)NCN=C2C=CCC=C21. The maximum Gasteiger partial charge on any atom is 0.243 e. The van der Waals surface area contributed by atoms with Crippen molar-refractivity contribution in [1.29, 1.82) is 0 Å². The van der Waals surface area contributed by atoms with E-state index in [1.54, 1.807) is 12.2 Å². The van der Waals surface area contributed by atoms with Crippen LogP contribution in [0.15, 0.2) is 28.1 Å². The van der Waals surface area contributed by atoms with Gasteiger partial charge in [0, 0.05) is 0 Å². The molecule has 1 aliphatic carbocycles. The molecule has 12 heavy (non-hydrogen) atoms. The molecule has 4 nitrogen and oxygen atoms in total. The Hall–Kier alpha value is -0.940. The molecule has 64 valence electrons. The summed E-state index contributed by atoms with van der Waals surface area (Å²) < 4.78 is 25.0. The lowest BCUT2D eigenvalue weighted by Gasteiger charge is -2.16. The predicted octanol–water partition coefficient (Wildman–Crippen LogP) is 0.162. The molecule has 0 unspecified atom stereocenters. The van der Waals surface area contributed by atoms with Crippen molar-refractivity contribution in [3.8, 4) is 0 Å². The van der Waals surface area contributed by atoms with E-state index >= 15 is 0 Å². The maximum absolute atomic E-state index is 11.3. The number of fused-ring (bicyclic) bond motifs is 1. The third-order valence-electron chi connectivity index (χ3n) is 1.76. The van der Waals surface area contributed by atoms with Crippen LogP contribution in [0.25, 0.3) is 0 Å². The number of allylic oxidation sites excluding steroid dienone is 4. The average Bonchev–Trinajstić information content (AvgIpc) is 2.04. The van der Waals surface area contributed by atoms with Crippen LogP contribution in [0.3, 0.4) is 0 Å². The molecule has 0 spiro atoms. The third kappa shape index (κ3) is 1.11. The first-order valence-electron chi connectivity index (χ1n) is 3.61. The van der Waals surface area contributed by atoms with Gasteiger partial charge >= 0.3 is 0 Å². The quantitative estimate of drug-likeness (QED) is 0.583. The standard InChI is InChI=1S/C7H8N2O2S/c10-12(11)7-4-2-1-3-6(7)8-5-9-12/h1,3-4,9H,2,5H2. The van der Waals surface area contributed by atoms with Crippen LogP contribution >= 0.6 is 0 Å². The van der Waals surface area contributed by atoms with E-state index in [0.29, 0.717) is 17.0 Å². The molecule has 0 bridgehead atoms. The summed E-state index contributed by atoms with van der Waals surface area (Å²) in [5, 5.41) is 0. The van der Waals surface area contributed by atoms with Crippen molar-refractivity contribution in [3.05, 3.63) is 23.1 Å². The van der Waals surface area contributed by atoms with Crippen molar-refractivity contribution in [3.63, 3.8) is 0 Å². The average molecular weight is 184 g/mol. The zero-order valence-electron chi connectivity index (χ0n) is 6.32. The molecule has 0 aromatic carbocycles. The van der Waals surface area contributed by atoms with Crippen LogP contribution in [0.1, 0.15) is 6.42 Å². The molecule has 0 atom stereocenters. The highest BCUT2D eigenvalue weighted by Gasteiger charge is 2.25. The monoisotopic (exact) mass is 184 g/mol. The van der Waals surface area contributed by atoms with Gasteiger partial charge in [0.1, 0.15) is 11.6 Å². The summed E-state index contributed by atoms with van der Waals surface area (Å²) in [5.74, 6) is 0. The summed E-state index contributed by atoms with van der Waals surface area (Å²) in [6, 6.07) is 0. The third-order valence-corrected chi connectivity index (χ3v) is 3.22. The van der Waals surface area contributed by atoms with Crippen LogP contribution in [0, 0.1) is 0 Å². The Morgan fingerprint density at radius 2 is 2.33 bits per heavy atom. The van der Waals surface area contributed by atoms with E-state index in [1.165, 1.54) is 0 Å². The number of aliphatic imine (C=N–C) groups is 1. The minimum Gasteiger partial charge on any atom is -0.268 e. The predicted molar refractivity (Wildman–Crippen MR) is 46.2 cm³/mol. The van der Waals surface area contributed by atoms with Crippen molar-refractivity contribution in [1.82, 2.24) is 4.72 Å². The minimum absolute atomic E-state index is 0.152. The molecule has 0 aromatic rings. The second kappa shape index (κ2) is 2.53. The Balaban J connectivity index is 2.55. The first-order chi connectivity index (χ1) is 5.70. The van der Waals surface area contributed by atoms with Crippen molar-refractivity contribution in [2.75, 3.05) is 6.67 Å². The van der Waals surface area contributed by atoms with Crippen LogP contribution < -0.4 is 4.72 Å². The van der Waals surface area contributed by atoms with Gasteiger partial charge in [-0.2, -0.15) is 4.72 Å². The lowest BCUT2D eigenvalue weighted by molar-refractivity contribution is 0.589. The number of rotatable bonds is 0. The summed E-state index contributed by atoms with van der Waals surface area (Å²) in [6.45, 7) is 0.152. The van der Waals surface area contributed by atoms with E-state index in [0.717, 1.165) is 0 Å². The zero-order chi connectivity index (χ0) is 8.60. The molecule has 2 aliphatic rings. The van der Waals surface area contributed by atoms with Crippen molar-refractivity contribution in [2.24, 2.45) is 4.99 Å². The summed E-state index contributed by atoms with van der Waals surface area (Å²) in [5.41, 5.74) is 0.569. The Kier molecular flexibility index (Phi) is 1.62. The van der Waals surface area contributed by atoms with Gasteiger partial charge in [0.2, 0.25) is 10.0 Å². The van der Waals surface area contributed by atoms with Gasteiger partial charge in [0.25, 0.3) is 0 Å². The lowest BCUT2D eigenvalue weighted by Crippen LogP contribution is -2.33. The highest BCUT2D eigenvalue weighted by atomic mass is 32.2. The fourth-order valence-electron chi connectivity index (χ4n) is 1.20. The summed E-state index contributed by atoms with van der Waals surface area (Å²) in [7, 11) is -3.25. The van der Waals surface area contributed by atoms with E-state index in [9.17, 15) is 8.42 Å². The number of nitrogens with one attached hydrogen (secondary N) is 1.